The smallest absolute Gasteiger partial charge is 0.264 e. The number of thiocarbonyl (C=S) groups is 1. The second-order valence-electron chi connectivity index (χ2n) is 4.88. The van der Waals surface area contributed by atoms with Crippen molar-refractivity contribution in [1.29, 1.82) is 0 Å². The number of benzene rings is 2. The molecule has 124 valence electrons. The third-order valence-electron chi connectivity index (χ3n) is 2.96. The van der Waals surface area contributed by atoms with Gasteiger partial charge in [0.15, 0.2) is 17.5 Å². The van der Waals surface area contributed by atoms with E-state index >= 15 is 0 Å². The van der Waals surface area contributed by atoms with Crippen molar-refractivity contribution in [2.75, 3.05) is 11.9 Å². The van der Waals surface area contributed by atoms with Crippen molar-refractivity contribution in [2.24, 2.45) is 0 Å². The highest BCUT2D eigenvalue weighted by molar-refractivity contribution is 7.80. The molecule has 2 rings (SSSR count). The van der Waals surface area contributed by atoms with Crippen LogP contribution in [-0.4, -0.2) is 23.4 Å². The highest BCUT2D eigenvalue weighted by atomic mass is 35.5. The van der Waals surface area contributed by atoms with E-state index in [0.717, 1.165) is 0 Å². The van der Waals surface area contributed by atoms with Crippen molar-refractivity contribution in [2.45, 2.75) is 6.92 Å². The van der Waals surface area contributed by atoms with E-state index in [9.17, 15) is 9.59 Å². The van der Waals surface area contributed by atoms with Crippen molar-refractivity contribution < 1.29 is 14.3 Å². The van der Waals surface area contributed by atoms with E-state index in [1.807, 2.05) is 0 Å². The number of halogens is 1. The number of anilines is 1. The Kier molecular flexibility index (Phi) is 6.28. The van der Waals surface area contributed by atoms with Crippen molar-refractivity contribution in [3.05, 3.63) is 59.1 Å². The number of ketones is 1. The molecule has 0 saturated heterocycles. The highest BCUT2D eigenvalue weighted by Gasteiger charge is 2.07. The van der Waals surface area contributed by atoms with Crippen molar-refractivity contribution >= 4 is 46.3 Å². The van der Waals surface area contributed by atoms with Crippen LogP contribution < -0.4 is 15.4 Å². The summed E-state index contributed by atoms with van der Waals surface area (Å²) in [4.78, 5) is 23.2. The van der Waals surface area contributed by atoms with E-state index in [1.165, 1.54) is 6.92 Å². The second kappa shape index (κ2) is 8.42. The summed E-state index contributed by atoms with van der Waals surface area (Å²) in [6.07, 6.45) is 0. The molecule has 7 heteroatoms. The molecule has 0 radical (unpaired) electrons. The zero-order valence-corrected chi connectivity index (χ0v) is 14.4. The van der Waals surface area contributed by atoms with Crippen LogP contribution in [0.5, 0.6) is 5.75 Å². The van der Waals surface area contributed by atoms with Crippen LogP contribution >= 0.6 is 23.8 Å². The summed E-state index contributed by atoms with van der Waals surface area (Å²) in [5, 5.41) is 6.07. The van der Waals surface area contributed by atoms with Gasteiger partial charge in [0.05, 0.1) is 0 Å². The van der Waals surface area contributed by atoms with Crippen molar-refractivity contribution in [3.63, 3.8) is 0 Å². The maximum absolute atomic E-state index is 11.8. The molecule has 2 N–H and O–H groups in total. The van der Waals surface area contributed by atoms with Gasteiger partial charge in [-0.05, 0) is 55.5 Å². The molecule has 1 amide bonds. The third-order valence-corrected chi connectivity index (χ3v) is 3.42. The molecule has 2 aromatic carbocycles. The van der Waals surface area contributed by atoms with E-state index in [2.05, 4.69) is 10.6 Å². The van der Waals surface area contributed by atoms with E-state index in [4.69, 9.17) is 28.6 Å². The minimum atomic E-state index is -0.398. The Labute approximate surface area is 150 Å². The average Bonchev–Trinajstić information content (AvgIpc) is 2.54. The molecule has 0 aliphatic rings. The molecular formula is C17H15ClN2O3S. The van der Waals surface area contributed by atoms with E-state index in [-0.39, 0.29) is 17.5 Å². The molecule has 0 saturated carbocycles. The van der Waals surface area contributed by atoms with Gasteiger partial charge in [-0.25, -0.2) is 0 Å². The topological polar surface area (TPSA) is 67.4 Å². The molecule has 0 aromatic heterocycles. The lowest BCUT2D eigenvalue weighted by Crippen LogP contribution is -2.37. The zero-order chi connectivity index (χ0) is 17.5. The highest BCUT2D eigenvalue weighted by Crippen LogP contribution is 2.15. The Balaban J connectivity index is 1.83. The molecule has 0 bridgehead atoms. The third kappa shape index (κ3) is 5.64. The number of hydrogen-bond donors (Lipinski definition) is 2. The number of amides is 1. The molecule has 24 heavy (non-hydrogen) atoms. The zero-order valence-electron chi connectivity index (χ0n) is 12.8. The van der Waals surface area contributed by atoms with Gasteiger partial charge in [-0.3, -0.25) is 14.9 Å². The first-order valence-electron chi connectivity index (χ1n) is 7.04. The first-order chi connectivity index (χ1) is 11.4. The van der Waals surface area contributed by atoms with Crippen molar-refractivity contribution in [1.82, 2.24) is 5.32 Å². The normalized spacial score (nSPS) is 9.92. The van der Waals surface area contributed by atoms with Crippen LogP contribution in [-0.2, 0) is 4.79 Å². The minimum absolute atomic E-state index is 0.0510. The summed E-state index contributed by atoms with van der Waals surface area (Å²) in [5.74, 6) is 0.0812. The number of ether oxygens (including phenoxy) is 1. The molecule has 5 nitrogen and oxygen atoms in total. The lowest BCUT2D eigenvalue weighted by atomic mass is 10.1. The quantitative estimate of drug-likeness (QED) is 0.630. The lowest BCUT2D eigenvalue weighted by Gasteiger charge is -2.11. The van der Waals surface area contributed by atoms with Crippen LogP contribution in [0.3, 0.4) is 0 Å². The predicted octanol–water partition coefficient (Wildman–Crippen LogP) is 3.43. The van der Waals surface area contributed by atoms with E-state index < -0.39 is 5.91 Å². The first kappa shape index (κ1) is 17.9. The number of Topliss-reactive ketones (excluding diaryl/α,β-unsaturated/α-hetero) is 1. The summed E-state index contributed by atoms with van der Waals surface area (Å²) in [6, 6.07) is 13.5. The summed E-state index contributed by atoms with van der Waals surface area (Å²) in [6.45, 7) is 1.30. The van der Waals surface area contributed by atoms with Crippen LogP contribution in [0.1, 0.15) is 17.3 Å². The van der Waals surface area contributed by atoms with Gasteiger partial charge < -0.3 is 10.1 Å². The number of nitrogens with one attached hydrogen (secondary N) is 2. The Morgan fingerprint density at radius 2 is 1.88 bits per heavy atom. The van der Waals surface area contributed by atoms with Crippen LogP contribution in [0, 0.1) is 0 Å². The van der Waals surface area contributed by atoms with Crippen molar-refractivity contribution in [3.8, 4) is 5.75 Å². The summed E-state index contributed by atoms with van der Waals surface area (Å²) < 4.78 is 5.32. The Bertz CT molecular complexity index is 763. The Morgan fingerprint density at radius 1 is 1.17 bits per heavy atom. The summed E-state index contributed by atoms with van der Waals surface area (Å²) >= 11 is 10.8. The SMILES string of the molecule is CC(=O)c1cccc(NC(=S)NC(=O)COc2ccc(Cl)cc2)c1. The fraction of sp³-hybridized carbons (Fsp3) is 0.118. The standard InChI is InChI=1S/C17H15ClN2O3S/c1-11(21)12-3-2-4-14(9-12)19-17(24)20-16(22)10-23-15-7-5-13(18)6-8-15/h2-9H,10H2,1H3,(H2,19,20,22,24). The molecule has 0 atom stereocenters. The van der Waals surface area contributed by atoms with Crippen LogP contribution in [0.15, 0.2) is 48.5 Å². The van der Waals surface area contributed by atoms with Gasteiger partial charge in [0.2, 0.25) is 0 Å². The maximum atomic E-state index is 11.8. The summed E-state index contributed by atoms with van der Waals surface area (Å²) in [7, 11) is 0. The molecule has 0 aliphatic heterocycles. The van der Waals surface area contributed by atoms with Crippen LogP contribution in [0.25, 0.3) is 0 Å². The fourth-order valence-electron chi connectivity index (χ4n) is 1.82. The van der Waals surface area contributed by atoms with Crippen LogP contribution in [0.4, 0.5) is 5.69 Å². The number of hydrogen-bond acceptors (Lipinski definition) is 4. The number of carbonyl (C=O) groups is 2. The molecule has 0 fully saturated rings. The maximum Gasteiger partial charge on any atom is 0.264 e. The average molecular weight is 363 g/mol. The van der Waals surface area contributed by atoms with Gasteiger partial charge >= 0.3 is 0 Å². The first-order valence-corrected chi connectivity index (χ1v) is 7.83. The van der Waals surface area contributed by atoms with Gasteiger partial charge in [-0.1, -0.05) is 23.7 Å². The minimum Gasteiger partial charge on any atom is -0.484 e. The van der Waals surface area contributed by atoms with Crippen LogP contribution in [0.2, 0.25) is 5.02 Å². The molecular weight excluding hydrogens is 348 g/mol. The monoisotopic (exact) mass is 362 g/mol. The number of carbonyl (C=O) groups excluding carboxylic acids is 2. The molecule has 0 heterocycles. The van der Waals surface area contributed by atoms with Gasteiger partial charge in [0.25, 0.3) is 5.91 Å². The fourth-order valence-corrected chi connectivity index (χ4v) is 2.18. The second-order valence-corrected chi connectivity index (χ2v) is 5.73. The summed E-state index contributed by atoms with van der Waals surface area (Å²) in [5.41, 5.74) is 1.17. The molecule has 2 aromatic rings. The molecule has 0 unspecified atom stereocenters. The number of rotatable bonds is 5. The molecule has 0 aliphatic carbocycles. The van der Waals surface area contributed by atoms with E-state index in [1.54, 1.807) is 48.5 Å². The largest absolute Gasteiger partial charge is 0.484 e. The predicted molar refractivity (Wildman–Crippen MR) is 97.8 cm³/mol. The van der Waals surface area contributed by atoms with Gasteiger partial charge in [-0.2, -0.15) is 0 Å². The lowest BCUT2D eigenvalue weighted by molar-refractivity contribution is -0.121. The van der Waals surface area contributed by atoms with E-state index in [0.29, 0.717) is 22.0 Å². The van der Waals surface area contributed by atoms with Gasteiger partial charge in [0.1, 0.15) is 5.75 Å². The Morgan fingerprint density at radius 3 is 2.54 bits per heavy atom. The Hall–Kier alpha value is -2.44. The van der Waals surface area contributed by atoms with Gasteiger partial charge in [-0.15, -0.1) is 0 Å². The molecule has 0 spiro atoms. The van der Waals surface area contributed by atoms with Gasteiger partial charge in [0, 0.05) is 16.3 Å².